The minimum atomic E-state index is -4.76. The molecule has 2 aromatic rings. The van der Waals surface area contributed by atoms with Gasteiger partial charge < -0.3 is 14.4 Å². The molecule has 33 heavy (non-hydrogen) atoms. The first kappa shape index (κ1) is 22.0. The van der Waals surface area contributed by atoms with Crippen LogP contribution in [-0.2, 0) is 4.57 Å². The van der Waals surface area contributed by atoms with E-state index in [1.807, 2.05) is 12.1 Å². The summed E-state index contributed by atoms with van der Waals surface area (Å²) in [5, 5.41) is 0. The van der Waals surface area contributed by atoms with Crippen molar-refractivity contribution in [2.24, 2.45) is 11.8 Å². The molecule has 2 saturated heterocycles. The van der Waals surface area contributed by atoms with Gasteiger partial charge in [-0.3, -0.25) is 14.3 Å². The van der Waals surface area contributed by atoms with Gasteiger partial charge in [-0.1, -0.05) is 37.8 Å². The van der Waals surface area contributed by atoms with Gasteiger partial charge in [0, 0.05) is 24.2 Å². The molecule has 2 aliphatic heterocycles. The molecule has 0 amide bonds. The van der Waals surface area contributed by atoms with E-state index in [0.717, 1.165) is 37.5 Å². The lowest BCUT2D eigenvalue weighted by molar-refractivity contribution is -0.0485. The molecular weight excluding hydrogens is 437 g/mol. The van der Waals surface area contributed by atoms with Gasteiger partial charge in [-0.25, -0.2) is 4.98 Å². The maximum atomic E-state index is 13.4. The van der Waals surface area contributed by atoms with Crippen LogP contribution in [0.25, 0.3) is 11.0 Å². The zero-order chi connectivity index (χ0) is 22.7. The van der Waals surface area contributed by atoms with E-state index in [1.54, 1.807) is 16.7 Å². The second-order valence-electron chi connectivity index (χ2n) is 11.0. The van der Waals surface area contributed by atoms with E-state index in [-0.39, 0.29) is 6.04 Å². The lowest BCUT2D eigenvalue weighted by Gasteiger charge is -2.55. The zero-order valence-electron chi connectivity index (χ0n) is 19.1. The first-order valence-corrected chi connectivity index (χ1v) is 14.3. The summed E-state index contributed by atoms with van der Waals surface area (Å²) >= 11 is 0. The molecule has 4 unspecified atom stereocenters. The highest BCUT2D eigenvalue weighted by Gasteiger charge is 2.45. The maximum absolute atomic E-state index is 13.4. The van der Waals surface area contributed by atoms with Crippen LogP contribution in [0.15, 0.2) is 29.1 Å². The highest BCUT2D eigenvalue weighted by Crippen LogP contribution is 2.47. The van der Waals surface area contributed by atoms with E-state index >= 15 is 0 Å². The van der Waals surface area contributed by atoms with Crippen molar-refractivity contribution in [3.63, 3.8) is 0 Å². The molecule has 2 aliphatic carbocycles. The Kier molecular flexibility index (Phi) is 5.52. The van der Waals surface area contributed by atoms with Gasteiger partial charge >= 0.3 is 7.60 Å². The summed E-state index contributed by atoms with van der Waals surface area (Å²) in [6.07, 6.45) is 13.5. The van der Waals surface area contributed by atoms with Crippen molar-refractivity contribution in [3.8, 4) is 0 Å². The fourth-order valence-corrected chi connectivity index (χ4v) is 8.42. The number of benzene rings is 1. The summed E-state index contributed by atoms with van der Waals surface area (Å²) in [6, 6.07) is 8.77. The van der Waals surface area contributed by atoms with Crippen LogP contribution in [-0.4, -0.2) is 42.4 Å². The summed E-state index contributed by atoms with van der Waals surface area (Å²) in [6.45, 7) is 0. The molecule has 2 saturated carbocycles. The van der Waals surface area contributed by atoms with Crippen LogP contribution < -0.4 is 11.0 Å². The minimum absolute atomic E-state index is 0.0506. The molecule has 0 spiro atoms. The summed E-state index contributed by atoms with van der Waals surface area (Å²) in [4.78, 5) is 39.9. The molecule has 2 N–H and O–H groups in total. The average molecular weight is 472 g/mol. The molecule has 8 heteroatoms. The molecule has 1 aromatic carbocycles. The van der Waals surface area contributed by atoms with E-state index < -0.39 is 18.6 Å². The number of nitrogens with zero attached hydrogens (tertiary/aromatic N) is 3. The summed E-state index contributed by atoms with van der Waals surface area (Å²) in [5.74, 6) is 1.78. The van der Waals surface area contributed by atoms with Crippen molar-refractivity contribution in [1.82, 2.24) is 14.5 Å². The van der Waals surface area contributed by atoms with E-state index in [0.29, 0.717) is 29.2 Å². The molecule has 7 nitrogen and oxygen atoms in total. The second kappa shape index (κ2) is 8.30. The molecule has 4 bridgehead atoms. The third kappa shape index (κ3) is 3.91. The Bertz CT molecular complexity index is 1130. The molecule has 1 aromatic heterocycles. The molecule has 6 rings (SSSR count). The summed E-state index contributed by atoms with van der Waals surface area (Å²) < 4.78 is 13.8. The van der Waals surface area contributed by atoms with Gasteiger partial charge in [0.05, 0.1) is 11.0 Å². The van der Waals surface area contributed by atoms with Gasteiger partial charge in [-0.2, -0.15) is 0 Å². The topological polar surface area (TPSA) is 95.7 Å². The van der Waals surface area contributed by atoms with Crippen LogP contribution in [0.1, 0.15) is 76.7 Å². The van der Waals surface area contributed by atoms with Crippen molar-refractivity contribution >= 4 is 24.1 Å². The molecule has 0 radical (unpaired) electrons. The SMILES string of the molecule is O=c1c(P(=O)(O)O)nc2ccccc2n1C1CC2CCCC(C1)N2C1CC2CCCC(C2)C1. The molecule has 4 fully saturated rings. The number of hydrogen-bond donors (Lipinski definition) is 2. The number of fused-ring (bicyclic) bond motifs is 5. The quantitative estimate of drug-likeness (QED) is 0.663. The standard InChI is InChI=1S/C25H34N3O4P/c29-25-24(33(30,31)32)26-22-9-1-2-10-23(22)28(25)21-14-18-7-4-8-19(15-21)27(18)20-12-16-5-3-6-17(11-16)13-20/h1-2,9-10,16-21H,3-8,11-15H2,(H2,30,31,32). The molecule has 4 atom stereocenters. The fraction of sp³-hybridized carbons (Fsp3) is 0.680. The van der Waals surface area contributed by atoms with Crippen LogP contribution in [0, 0.1) is 11.8 Å². The molecule has 4 aliphatic rings. The van der Waals surface area contributed by atoms with Crippen LogP contribution >= 0.6 is 7.60 Å². The van der Waals surface area contributed by atoms with E-state index in [9.17, 15) is 19.1 Å². The third-order valence-corrected chi connectivity index (χ3v) is 9.79. The smallest absolute Gasteiger partial charge is 0.320 e. The molecular formula is C25H34N3O4P. The van der Waals surface area contributed by atoms with Gasteiger partial charge in [-0.05, 0) is 68.9 Å². The first-order chi connectivity index (χ1) is 15.9. The molecule has 3 heterocycles. The van der Waals surface area contributed by atoms with Crippen LogP contribution in [0.5, 0.6) is 0 Å². The zero-order valence-corrected chi connectivity index (χ0v) is 19.9. The number of para-hydroxylation sites is 2. The normalized spacial score (nSPS) is 35.0. The molecule has 178 valence electrons. The third-order valence-electron chi connectivity index (χ3n) is 8.95. The van der Waals surface area contributed by atoms with Gasteiger partial charge in [0.2, 0.25) is 5.44 Å². The monoisotopic (exact) mass is 471 g/mol. The summed E-state index contributed by atoms with van der Waals surface area (Å²) in [7, 11) is -4.76. The van der Waals surface area contributed by atoms with Gasteiger partial charge in [0.25, 0.3) is 5.56 Å². The van der Waals surface area contributed by atoms with E-state index in [2.05, 4.69) is 9.88 Å². The van der Waals surface area contributed by atoms with Gasteiger partial charge in [0.15, 0.2) is 0 Å². The van der Waals surface area contributed by atoms with Crippen molar-refractivity contribution in [1.29, 1.82) is 0 Å². The van der Waals surface area contributed by atoms with Crippen LogP contribution in [0.4, 0.5) is 0 Å². The second-order valence-corrected chi connectivity index (χ2v) is 12.5. The van der Waals surface area contributed by atoms with Crippen molar-refractivity contribution in [2.75, 3.05) is 0 Å². The Hall–Kier alpha value is -1.53. The lowest BCUT2D eigenvalue weighted by atomic mass is 9.68. The lowest BCUT2D eigenvalue weighted by Crippen LogP contribution is -2.59. The largest absolute Gasteiger partial charge is 0.380 e. The number of aromatic nitrogens is 2. The average Bonchev–Trinajstić information content (AvgIpc) is 2.77. The maximum Gasteiger partial charge on any atom is 0.380 e. The number of hydrogen-bond acceptors (Lipinski definition) is 4. The first-order valence-electron chi connectivity index (χ1n) is 12.7. The van der Waals surface area contributed by atoms with Crippen LogP contribution in [0.2, 0.25) is 0 Å². The highest BCUT2D eigenvalue weighted by molar-refractivity contribution is 7.59. The van der Waals surface area contributed by atoms with E-state index in [1.165, 1.54) is 44.9 Å². The van der Waals surface area contributed by atoms with Gasteiger partial charge in [-0.15, -0.1) is 0 Å². The van der Waals surface area contributed by atoms with Crippen molar-refractivity contribution in [2.45, 2.75) is 94.8 Å². The Morgan fingerprint density at radius 3 is 2.12 bits per heavy atom. The van der Waals surface area contributed by atoms with Crippen LogP contribution in [0.3, 0.4) is 0 Å². The Morgan fingerprint density at radius 1 is 0.818 bits per heavy atom. The fourth-order valence-electron chi connectivity index (χ4n) is 7.83. The summed E-state index contributed by atoms with van der Waals surface area (Å²) in [5.41, 5.74) is -0.0776. The van der Waals surface area contributed by atoms with E-state index in [4.69, 9.17) is 0 Å². The van der Waals surface area contributed by atoms with Crippen molar-refractivity contribution in [3.05, 3.63) is 34.6 Å². The Labute approximate surface area is 194 Å². The predicted molar refractivity (Wildman–Crippen MR) is 128 cm³/mol. The van der Waals surface area contributed by atoms with Gasteiger partial charge in [0.1, 0.15) is 0 Å². The number of piperidine rings is 2. The Balaban J connectivity index is 1.36. The predicted octanol–water partition coefficient (Wildman–Crippen LogP) is 3.73. The number of rotatable bonds is 3. The minimum Gasteiger partial charge on any atom is -0.320 e. The van der Waals surface area contributed by atoms with Crippen molar-refractivity contribution < 1.29 is 14.4 Å². The highest BCUT2D eigenvalue weighted by atomic mass is 31.2. The Morgan fingerprint density at radius 2 is 1.45 bits per heavy atom.